The van der Waals surface area contributed by atoms with Crippen LogP contribution in [0.15, 0.2) is 60.0 Å². The summed E-state index contributed by atoms with van der Waals surface area (Å²) in [6.07, 6.45) is 0.113. The number of rotatable bonds is 7. The molecular weight excluding hydrogens is 456 g/mol. The van der Waals surface area contributed by atoms with E-state index in [1.165, 1.54) is 12.5 Å². The molecule has 1 fully saturated rings. The molecule has 1 saturated heterocycles. The van der Waals surface area contributed by atoms with Gasteiger partial charge in [-0.25, -0.2) is 19.5 Å². The van der Waals surface area contributed by atoms with Crippen LogP contribution in [-0.2, 0) is 20.7 Å². The van der Waals surface area contributed by atoms with Gasteiger partial charge in [0.1, 0.15) is 12.1 Å². The Morgan fingerprint density at radius 1 is 1.18 bits per heavy atom. The minimum atomic E-state index is -1.13. The SMILES string of the molecule is COC(=O)c1csc(NC(=O)C(Cc2ccccc2)N2C(=O)NC(c3cccc(C)c3)C2=O)n1. The molecule has 0 saturated carbocycles. The van der Waals surface area contributed by atoms with E-state index in [1.54, 1.807) is 6.07 Å². The lowest BCUT2D eigenvalue weighted by atomic mass is 10.0. The highest BCUT2D eigenvalue weighted by atomic mass is 32.1. The molecule has 1 aliphatic heterocycles. The van der Waals surface area contributed by atoms with Crippen molar-refractivity contribution >= 4 is 40.3 Å². The van der Waals surface area contributed by atoms with Gasteiger partial charge in [0.25, 0.3) is 5.91 Å². The third kappa shape index (κ3) is 4.81. The smallest absolute Gasteiger partial charge is 0.357 e. The quantitative estimate of drug-likeness (QED) is 0.398. The van der Waals surface area contributed by atoms with Crippen molar-refractivity contribution in [2.75, 3.05) is 12.4 Å². The fourth-order valence-electron chi connectivity index (χ4n) is 3.72. The highest BCUT2D eigenvalue weighted by Gasteiger charge is 2.45. The first-order valence-electron chi connectivity index (χ1n) is 10.5. The summed E-state index contributed by atoms with van der Waals surface area (Å²) in [5.74, 6) is -1.74. The molecule has 1 aliphatic rings. The van der Waals surface area contributed by atoms with Crippen LogP contribution in [0.25, 0.3) is 0 Å². The van der Waals surface area contributed by atoms with Gasteiger partial charge in [-0.3, -0.25) is 9.59 Å². The van der Waals surface area contributed by atoms with Crippen LogP contribution in [0.2, 0.25) is 0 Å². The third-order valence-corrected chi connectivity index (χ3v) is 6.12. The van der Waals surface area contributed by atoms with Gasteiger partial charge in [0.15, 0.2) is 10.8 Å². The number of nitrogens with one attached hydrogen (secondary N) is 2. The summed E-state index contributed by atoms with van der Waals surface area (Å²) in [5, 5.41) is 6.93. The number of aromatic nitrogens is 1. The number of carbonyl (C=O) groups excluding carboxylic acids is 4. The van der Waals surface area contributed by atoms with Crippen LogP contribution in [0, 0.1) is 6.92 Å². The summed E-state index contributed by atoms with van der Waals surface area (Å²) in [5.41, 5.74) is 2.41. The van der Waals surface area contributed by atoms with Crippen molar-refractivity contribution in [3.8, 4) is 0 Å². The molecule has 2 heterocycles. The average Bonchev–Trinajstić information content (AvgIpc) is 3.41. The number of anilines is 1. The van der Waals surface area contributed by atoms with E-state index in [0.717, 1.165) is 27.4 Å². The molecule has 174 valence electrons. The summed E-state index contributed by atoms with van der Waals surface area (Å²) in [6.45, 7) is 1.89. The molecule has 4 amide bonds. The van der Waals surface area contributed by atoms with Crippen LogP contribution in [0.5, 0.6) is 0 Å². The van der Waals surface area contributed by atoms with Crippen molar-refractivity contribution in [1.29, 1.82) is 0 Å². The van der Waals surface area contributed by atoms with E-state index in [-0.39, 0.29) is 17.2 Å². The second-order valence-corrected chi connectivity index (χ2v) is 8.59. The molecule has 2 N–H and O–H groups in total. The van der Waals surface area contributed by atoms with E-state index in [2.05, 4.69) is 20.4 Å². The number of nitrogens with zero attached hydrogens (tertiary/aromatic N) is 2. The predicted molar refractivity (Wildman–Crippen MR) is 125 cm³/mol. The number of amides is 4. The number of urea groups is 1. The summed E-state index contributed by atoms with van der Waals surface area (Å²) in [6, 6.07) is 13.7. The van der Waals surface area contributed by atoms with Crippen LogP contribution in [0.4, 0.5) is 9.93 Å². The highest BCUT2D eigenvalue weighted by molar-refractivity contribution is 7.14. The van der Waals surface area contributed by atoms with Gasteiger partial charge < -0.3 is 15.4 Å². The first kappa shape index (κ1) is 23.1. The standard InChI is InChI=1S/C24H22N4O5S/c1-14-7-6-10-16(11-14)19-21(30)28(24(32)26-19)18(12-15-8-4-3-5-9-15)20(29)27-23-25-17(13-34-23)22(31)33-2/h3-11,13,18-19H,12H2,1-2H3,(H,26,32)(H,25,27,29). The number of aryl methyl sites for hydroxylation is 1. The third-order valence-electron chi connectivity index (χ3n) is 5.36. The van der Waals surface area contributed by atoms with Crippen molar-refractivity contribution in [2.24, 2.45) is 0 Å². The minimum Gasteiger partial charge on any atom is -0.464 e. The van der Waals surface area contributed by atoms with Crippen molar-refractivity contribution in [3.05, 3.63) is 82.4 Å². The second-order valence-electron chi connectivity index (χ2n) is 7.73. The van der Waals surface area contributed by atoms with Crippen molar-refractivity contribution in [2.45, 2.75) is 25.4 Å². The molecule has 1 aromatic heterocycles. The van der Waals surface area contributed by atoms with Gasteiger partial charge >= 0.3 is 12.0 Å². The lowest BCUT2D eigenvalue weighted by molar-refractivity contribution is -0.134. The van der Waals surface area contributed by atoms with Gasteiger partial charge in [0.05, 0.1) is 7.11 Å². The number of thiazole rings is 1. The fourth-order valence-corrected chi connectivity index (χ4v) is 4.40. The molecule has 3 aromatic rings. The number of benzene rings is 2. The van der Waals surface area contributed by atoms with Crippen LogP contribution in [0.3, 0.4) is 0 Å². The van der Waals surface area contributed by atoms with Crippen molar-refractivity contribution in [3.63, 3.8) is 0 Å². The number of imide groups is 1. The molecule has 2 aromatic carbocycles. The van der Waals surface area contributed by atoms with E-state index >= 15 is 0 Å². The monoisotopic (exact) mass is 478 g/mol. The highest BCUT2D eigenvalue weighted by Crippen LogP contribution is 2.26. The lowest BCUT2D eigenvalue weighted by Gasteiger charge is -2.24. The van der Waals surface area contributed by atoms with Gasteiger partial charge in [0, 0.05) is 11.8 Å². The number of methoxy groups -OCH3 is 1. The molecule has 10 heteroatoms. The van der Waals surface area contributed by atoms with E-state index < -0.39 is 35.9 Å². The van der Waals surface area contributed by atoms with E-state index in [4.69, 9.17) is 0 Å². The molecule has 0 radical (unpaired) electrons. The molecule has 2 unspecified atom stereocenters. The lowest BCUT2D eigenvalue weighted by Crippen LogP contribution is -2.49. The number of ether oxygens (including phenoxy) is 1. The summed E-state index contributed by atoms with van der Waals surface area (Å²) in [7, 11) is 1.23. The summed E-state index contributed by atoms with van der Waals surface area (Å²) in [4.78, 5) is 56.3. The first-order valence-corrected chi connectivity index (χ1v) is 11.3. The van der Waals surface area contributed by atoms with Gasteiger partial charge in [0.2, 0.25) is 5.91 Å². The average molecular weight is 479 g/mol. The van der Waals surface area contributed by atoms with Crippen LogP contribution in [-0.4, -0.2) is 46.9 Å². The Morgan fingerprint density at radius 2 is 1.94 bits per heavy atom. The minimum absolute atomic E-state index is 0.0527. The molecule has 34 heavy (non-hydrogen) atoms. The Bertz CT molecular complexity index is 1240. The normalized spacial score (nSPS) is 16.2. The first-order chi connectivity index (χ1) is 16.4. The largest absolute Gasteiger partial charge is 0.464 e. The van der Waals surface area contributed by atoms with Gasteiger partial charge in [-0.2, -0.15) is 0 Å². The topological polar surface area (TPSA) is 118 Å². The van der Waals surface area contributed by atoms with Crippen molar-refractivity contribution < 1.29 is 23.9 Å². The van der Waals surface area contributed by atoms with Crippen molar-refractivity contribution in [1.82, 2.24) is 15.2 Å². The maximum Gasteiger partial charge on any atom is 0.357 e. The Hall–Kier alpha value is -4.05. The summed E-state index contributed by atoms with van der Waals surface area (Å²) < 4.78 is 4.64. The van der Waals surface area contributed by atoms with Crippen LogP contribution in [0.1, 0.15) is 33.2 Å². The molecule has 0 spiro atoms. The number of carbonyl (C=O) groups is 4. The van der Waals surface area contributed by atoms with Crippen LogP contribution < -0.4 is 10.6 Å². The molecule has 9 nitrogen and oxygen atoms in total. The Morgan fingerprint density at radius 3 is 2.65 bits per heavy atom. The molecule has 0 aliphatic carbocycles. The zero-order valence-electron chi connectivity index (χ0n) is 18.5. The second kappa shape index (κ2) is 9.84. The van der Waals surface area contributed by atoms with Gasteiger partial charge in [-0.1, -0.05) is 60.2 Å². The maximum absolute atomic E-state index is 13.3. The van der Waals surface area contributed by atoms with E-state index in [9.17, 15) is 19.2 Å². The number of hydrogen-bond donors (Lipinski definition) is 2. The molecule has 0 bridgehead atoms. The Labute approximate surface area is 199 Å². The number of hydrogen-bond acceptors (Lipinski definition) is 7. The predicted octanol–water partition coefficient (Wildman–Crippen LogP) is 3.08. The fraction of sp³-hybridized carbons (Fsp3) is 0.208. The maximum atomic E-state index is 13.3. The zero-order valence-corrected chi connectivity index (χ0v) is 19.3. The molecule has 4 rings (SSSR count). The van der Waals surface area contributed by atoms with Gasteiger partial charge in [-0.05, 0) is 18.1 Å². The van der Waals surface area contributed by atoms with E-state index in [1.807, 2.05) is 55.5 Å². The van der Waals surface area contributed by atoms with Crippen LogP contribution >= 0.6 is 11.3 Å². The van der Waals surface area contributed by atoms with E-state index in [0.29, 0.717) is 5.56 Å². The molecule has 2 atom stereocenters. The Kier molecular flexibility index (Phi) is 6.69. The molecular formula is C24H22N4O5S. The van der Waals surface area contributed by atoms with Gasteiger partial charge in [-0.15, -0.1) is 11.3 Å². The number of esters is 1. The zero-order chi connectivity index (χ0) is 24.2. The summed E-state index contributed by atoms with van der Waals surface area (Å²) >= 11 is 1.04. The Balaban J connectivity index is 1.62.